The van der Waals surface area contributed by atoms with Crippen molar-refractivity contribution in [1.82, 2.24) is 15.5 Å². The van der Waals surface area contributed by atoms with E-state index in [0.29, 0.717) is 17.3 Å². The van der Waals surface area contributed by atoms with E-state index in [1.807, 2.05) is 46.4 Å². The first kappa shape index (κ1) is 27.4. The molecule has 4 N–H and O–H groups in total. The minimum absolute atomic E-state index is 0.196. The molecule has 0 unspecified atom stereocenters. The Hall–Kier alpha value is -0.860. The molecule has 0 aromatic carbocycles. The van der Waals surface area contributed by atoms with Crippen LogP contribution in [0.2, 0.25) is 0 Å². The van der Waals surface area contributed by atoms with Crippen molar-refractivity contribution >= 4 is 40.1 Å². The van der Waals surface area contributed by atoms with Crippen molar-refractivity contribution in [3.63, 3.8) is 0 Å². The van der Waals surface area contributed by atoms with E-state index in [1.54, 1.807) is 13.8 Å². The Kier molecular flexibility index (Phi) is 14.0. The highest BCUT2D eigenvalue weighted by molar-refractivity contribution is 8.23. The largest absolute Gasteiger partial charge is 0.358 e. The van der Waals surface area contributed by atoms with Crippen molar-refractivity contribution in [2.45, 2.75) is 72.9 Å². The zero-order chi connectivity index (χ0) is 21.0. The lowest BCUT2D eigenvalue weighted by atomic mass is 10.0. The van der Waals surface area contributed by atoms with Gasteiger partial charge in [0, 0.05) is 25.2 Å². The highest BCUT2D eigenvalue weighted by atomic mass is 32.2. The van der Waals surface area contributed by atoms with Crippen molar-refractivity contribution in [3.05, 3.63) is 0 Å². The molecule has 0 aromatic heterocycles. The Balaban J connectivity index is 0. The molecule has 0 radical (unpaired) electrons. The predicted molar refractivity (Wildman–Crippen MR) is 117 cm³/mol. The fourth-order valence-electron chi connectivity index (χ4n) is 1.86. The smallest absolute Gasteiger partial charge is 0.245 e. The number of hydrogen-bond donors (Lipinski definition) is 3. The summed E-state index contributed by atoms with van der Waals surface area (Å²) in [5, 5.41) is 5.56. The van der Waals surface area contributed by atoms with Gasteiger partial charge in [-0.05, 0) is 48.0 Å². The molecule has 0 saturated heterocycles. The number of carbonyl (C=O) groups is 2. The summed E-state index contributed by atoms with van der Waals surface area (Å²) >= 11 is 6.61. The van der Waals surface area contributed by atoms with Crippen LogP contribution in [0, 0.1) is 0 Å². The van der Waals surface area contributed by atoms with Gasteiger partial charge in [-0.15, -0.1) is 0 Å². The van der Waals surface area contributed by atoms with Crippen LogP contribution in [0.4, 0.5) is 0 Å². The molecular weight excluding hydrogens is 368 g/mol. The van der Waals surface area contributed by atoms with Gasteiger partial charge in [0.1, 0.15) is 9.86 Å². The van der Waals surface area contributed by atoms with Crippen LogP contribution in [0.3, 0.4) is 0 Å². The van der Waals surface area contributed by atoms with Crippen molar-refractivity contribution in [2.24, 2.45) is 5.73 Å². The molecule has 0 atom stereocenters. The van der Waals surface area contributed by atoms with Crippen LogP contribution in [-0.4, -0.2) is 57.5 Å². The van der Waals surface area contributed by atoms with E-state index in [0.717, 1.165) is 13.1 Å². The number of rotatable bonds is 9. The third kappa shape index (κ3) is 12.5. The average molecular weight is 407 g/mol. The van der Waals surface area contributed by atoms with Crippen LogP contribution in [0.25, 0.3) is 0 Å². The maximum Gasteiger partial charge on any atom is 0.245 e. The first-order valence-corrected chi connectivity index (χ1v) is 10.6. The maximum absolute atomic E-state index is 12.2. The first-order valence-electron chi connectivity index (χ1n) is 9.22. The monoisotopic (exact) mass is 406 g/mol. The summed E-state index contributed by atoms with van der Waals surface area (Å²) in [5.74, 6) is -0.243. The summed E-state index contributed by atoms with van der Waals surface area (Å²) in [6.07, 6.45) is 0.663. The molecule has 0 saturated carbocycles. The lowest BCUT2D eigenvalue weighted by Crippen LogP contribution is -2.55. The van der Waals surface area contributed by atoms with Gasteiger partial charge in [-0.3, -0.25) is 9.59 Å². The van der Waals surface area contributed by atoms with Crippen LogP contribution in [-0.2, 0) is 9.59 Å². The average Bonchev–Trinajstić information content (AvgIpc) is 2.54. The second-order valence-electron chi connectivity index (χ2n) is 6.89. The highest BCUT2D eigenvalue weighted by Gasteiger charge is 2.29. The molecular formula is C18H38N4O2S2. The van der Waals surface area contributed by atoms with Gasteiger partial charge >= 0.3 is 0 Å². The number of carbonyl (C=O) groups excluding carboxylic acids is 2. The summed E-state index contributed by atoms with van der Waals surface area (Å²) in [7, 11) is 0. The minimum atomic E-state index is -0.979. The summed E-state index contributed by atoms with van der Waals surface area (Å²) in [6.45, 7) is 17.3. The standard InChI is InChI=1S/C16H32N4O2S2.C2H6/c1-7-20(8-2)14(23)24-11-12(21)19-16(5,6)13(22)18-10-9-15(3,4)17;1-2/h7-11,17H2,1-6H3,(H,18,22)(H,19,21);1-2H3. The van der Waals surface area contributed by atoms with Gasteiger partial charge in [0.05, 0.1) is 5.75 Å². The zero-order valence-corrected chi connectivity index (χ0v) is 19.3. The Morgan fingerprint density at radius 1 is 1.12 bits per heavy atom. The molecule has 0 bridgehead atoms. The number of thiocarbonyl (C=S) groups is 1. The molecule has 6 nitrogen and oxygen atoms in total. The van der Waals surface area contributed by atoms with Gasteiger partial charge in [-0.2, -0.15) is 0 Å². The zero-order valence-electron chi connectivity index (χ0n) is 17.7. The lowest BCUT2D eigenvalue weighted by Gasteiger charge is -2.27. The number of thioether (sulfide) groups is 1. The van der Waals surface area contributed by atoms with Crippen molar-refractivity contribution < 1.29 is 9.59 Å². The third-order valence-corrected chi connectivity index (χ3v) is 4.95. The highest BCUT2D eigenvalue weighted by Crippen LogP contribution is 2.10. The number of nitrogens with zero attached hydrogens (tertiary/aromatic N) is 1. The topological polar surface area (TPSA) is 87.5 Å². The second-order valence-corrected chi connectivity index (χ2v) is 8.50. The molecule has 0 rings (SSSR count). The molecule has 0 aromatic rings. The van der Waals surface area contributed by atoms with E-state index in [1.165, 1.54) is 11.8 Å². The summed E-state index contributed by atoms with van der Waals surface area (Å²) in [5.41, 5.74) is 4.57. The predicted octanol–water partition coefficient (Wildman–Crippen LogP) is 2.51. The first-order chi connectivity index (χ1) is 11.9. The van der Waals surface area contributed by atoms with Crippen LogP contribution < -0.4 is 16.4 Å². The third-order valence-electron chi connectivity index (χ3n) is 3.42. The van der Waals surface area contributed by atoms with E-state index in [9.17, 15) is 9.59 Å². The molecule has 154 valence electrons. The van der Waals surface area contributed by atoms with Crippen molar-refractivity contribution in [2.75, 3.05) is 25.4 Å². The van der Waals surface area contributed by atoms with Gasteiger partial charge in [0.25, 0.3) is 0 Å². The van der Waals surface area contributed by atoms with Crippen LogP contribution >= 0.6 is 24.0 Å². The van der Waals surface area contributed by atoms with Gasteiger partial charge in [0.2, 0.25) is 11.8 Å². The lowest BCUT2D eigenvalue weighted by molar-refractivity contribution is -0.131. The fourth-order valence-corrected chi connectivity index (χ4v) is 3.06. The van der Waals surface area contributed by atoms with Gasteiger partial charge < -0.3 is 21.3 Å². The molecule has 26 heavy (non-hydrogen) atoms. The maximum atomic E-state index is 12.2. The Morgan fingerprint density at radius 3 is 2.04 bits per heavy atom. The molecule has 0 aliphatic heterocycles. The van der Waals surface area contributed by atoms with E-state index >= 15 is 0 Å². The van der Waals surface area contributed by atoms with E-state index in [2.05, 4.69) is 10.6 Å². The summed E-state index contributed by atoms with van der Waals surface area (Å²) in [6, 6.07) is 0. The van der Waals surface area contributed by atoms with Gasteiger partial charge in [-0.1, -0.05) is 37.8 Å². The van der Waals surface area contributed by atoms with Crippen LogP contribution in [0.1, 0.15) is 61.8 Å². The molecule has 0 aliphatic carbocycles. The van der Waals surface area contributed by atoms with E-state index in [4.69, 9.17) is 18.0 Å². The normalized spacial score (nSPS) is 11.1. The Bertz CT molecular complexity index is 445. The summed E-state index contributed by atoms with van der Waals surface area (Å²) < 4.78 is 0.697. The van der Waals surface area contributed by atoms with Crippen LogP contribution in [0.5, 0.6) is 0 Å². The second kappa shape index (κ2) is 13.3. The Labute approximate surface area is 169 Å². The molecule has 2 amide bonds. The van der Waals surface area contributed by atoms with Gasteiger partial charge in [0.15, 0.2) is 0 Å². The fraction of sp³-hybridized carbons (Fsp3) is 0.833. The minimum Gasteiger partial charge on any atom is -0.358 e. The van der Waals surface area contributed by atoms with Crippen molar-refractivity contribution in [1.29, 1.82) is 0 Å². The summed E-state index contributed by atoms with van der Waals surface area (Å²) in [4.78, 5) is 26.3. The molecule has 0 aliphatic rings. The number of hydrogen-bond acceptors (Lipinski definition) is 5. The van der Waals surface area contributed by atoms with E-state index in [-0.39, 0.29) is 23.1 Å². The van der Waals surface area contributed by atoms with E-state index < -0.39 is 5.54 Å². The number of nitrogens with two attached hydrogens (primary N) is 1. The number of amides is 2. The Morgan fingerprint density at radius 2 is 1.62 bits per heavy atom. The van der Waals surface area contributed by atoms with Gasteiger partial charge in [-0.25, -0.2) is 0 Å². The molecule has 0 spiro atoms. The quantitative estimate of drug-likeness (QED) is 0.510. The molecule has 8 heteroatoms. The molecule has 0 fully saturated rings. The van der Waals surface area contributed by atoms with Crippen molar-refractivity contribution in [3.8, 4) is 0 Å². The SMILES string of the molecule is CC.CCN(CC)C(=S)SCC(=O)NC(C)(C)C(=O)NCCC(C)(C)N. The van der Waals surface area contributed by atoms with Crippen LogP contribution in [0.15, 0.2) is 0 Å². The number of nitrogens with one attached hydrogen (secondary N) is 2. The molecule has 0 heterocycles.